The Morgan fingerprint density at radius 1 is 1.12 bits per heavy atom. The number of ether oxygens (including phenoxy) is 1. The highest BCUT2D eigenvalue weighted by atomic mass is 16.5. The number of phenolic OH excluding ortho intramolecular Hbond substituents is 1. The third-order valence-electron chi connectivity index (χ3n) is 7.96. The van der Waals surface area contributed by atoms with E-state index in [0.717, 1.165) is 25.1 Å². The van der Waals surface area contributed by atoms with Crippen LogP contribution in [0.2, 0.25) is 0 Å². The molecular formula is C22H28N2O2. The Morgan fingerprint density at radius 2 is 1.96 bits per heavy atom. The van der Waals surface area contributed by atoms with Crippen molar-refractivity contribution in [3.05, 3.63) is 35.4 Å². The van der Waals surface area contributed by atoms with Gasteiger partial charge in [-0.25, -0.2) is 0 Å². The highest BCUT2D eigenvalue weighted by molar-refractivity contribution is 5.61. The topological polar surface area (TPSA) is 35.9 Å². The first-order valence-corrected chi connectivity index (χ1v) is 10.3. The predicted molar refractivity (Wildman–Crippen MR) is 101 cm³/mol. The summed E-state index contributed by atoms with van der Waals surface area (Å²) in [7, 11) is 2.28. The highest BCUT2D eigenvalue weighted by Gasteiger charge is 2.64. The van der Waals surface area contributed by atoms with E-state index in [2.05, 4.69) is 35.1 Å². The van der Waals surface area contributed by atoms with Gasteiger partial charge in [0.25, 0.3) is 0 Å². The molecule has 6 rings (SSSR count). The van der Waals surface area contributed by atoms with Crippen LogP contribution in [0.1, 0.15) is 36.8 Å². The van der Waals surface area contributed by atoms with Crippen molar-refractivity contribution < 1.29 is 9.84 Å². The van der Waals surface area contributed by atoms with Crippen LogP contribution in [0.25, 0.3) is 0 Å². The summed E-state index contributed by atoms with van der Waals surface area (Å²) in [5, 5.41) is 10.6. The quantitative estimate of drug-likeness (QED) is 0.789. The molecule has 26 heavy (non-hydrogen) atoms. The third-order valence-corrected chi connectivity index (χ3v) is 7.96. The molecule has 2 bridgehead atoms. The number of phenols is 1. The van der Waals surface area contributed by atoms with Crippen molar-refractivity contribution in [2.75, 3.05) is 26.7 Å². The summed E-state index contributed by atoms with van der Waals surface area (Å²) in [5.41, 5.74) is 2.80. The van der Waals surface area contributed by atoms with Gasteiger partial charge in [-0.1, -0.05) is 24.6 Å². The molecule has 0 aromatic heterocycles. The summed E-state index contributed by atoms with van der Waals surface area (Å²) in [5.74, 6) is 1.63. The maximum absolute atomic E-state index is 10.6. The predicted octanol–water partition coefficient (Wildman–Crippen LogP) is 2.69. The Bertz CT molecular complexity index is 785. The molecule has 1 aromatic rings. The normalized spacial score (nSPS) is 41.0. The minimum atomic E-state index is 0.0513. The monoisotopic (exact) mass is 352 g/mol. The number of hydrogen-bond donors (Lipinski definition) is 1. The molecule has 4 nitrogen and oxygen atoms in total. The second kappa shape index (κ2) is 5.26. The number of likely N-dealkylation sites (N-methyl/N-ethyl adjacent to an activating group) is 1. The first-order chi connectivity index (χ1) is 12.7. The van der Waals surface area contributed by atoms with Gasteiger partial charge in [0.1, 0.15) is 6.10 Å². The molecule has 3 heterocycles. The second-order valence-electron chi connectivity index (χ2n) is 9.03. The molecule has 1 N–H and O–H groups in total. The number of aromatic hydroxyl groups is 1. The van der Waals surface area contributed by atoms with Crippen molar-refractivity contribution in [3.63, 3.8) is 0 Å². The molecule has 2 fully saturated rings. The number of nitrogens with zero attached hydrogens (tertiary/aromatic N) is 2. The molecule has 5 atom stereocenters. The van der Waals surface area contributed by atoms with Crippen LogP contribution in [0.3, 0.4) is 0 Å². The smallest absolute Gasteiger partial charge is 0.165 e. The minimum absolute atomic E-state index is 0.0513. The van der Waals surface area contributed by atoms with Gasteiger partial charge in [0, 0.05) is 22.9 Å². The Balaban J connectivity index is 1.54. The molecule has 1 spiro atoms. The van der Waals surface area contributed by atoms with Crippen molar-refractivity contribution in [3.8, 4) is 11.5 Å². The van der Waals surface area contributed by atoms with Gasteiger partial charge in [-0.2, -0.15) is 0 Å². The van der Waals surface area contributed by atoms with E-state index in [1.807, 2.05) is 6.07 Å². The fraction of sp³-hybridized carbons (Fsp3) is 0.636. The molecule has 2 saturated heterocycles. The Labute approximate surface area is 155 Å². The van der Waals surface area contributed by atoms with Crippen LogP contribution in [0, 0.1) is 5.92 Å². The average Bonchev–Trinajstić information content (AvgIpc) is 3.02. The van der Waals surface area contributed by atoms with E-state index in [9.17, 15) is 5.11 Å². The second-order valence-corrected chi connectivity index (χ2v) is 9.03. The highest BCUT2D eigenvalue weighted by Crippen LogP contribution is 2.62. The SMILES string of the molecule is CN1CC[C@]23c4c5ccc(O)c4O[C@H]2[C@@H](N2CCCCC2)C=C[C@H]3[C@H]1C5. The Morgan fingerprint density at radius 3 is 2.81 bits per heavy atom. The lowest BCUT2D eigenvalue weighted by atomic mass is 9.53. The number of hydrogen-bond acceptors (Lipinski definition) is 4. The van der Waals surface area contributed by atoms with Gasteiger partial charge in [0.2, 0.25) is 0 Å². The summed E-state index contributed by atoms with van der Waals surface area (Å²) in [6.45, 7) is 3.47. The number of benzene rings is 1. The fourth-order valence-electron chi connectivity index (χ4n) is 6.77. The average molecular weight is 352 g/mol. The van der Waals surface area contributed by atoms with Gasteiger partial charge >= 0.3 is 0 Å². The van der Waals surface area contributed by atoms with E-state index in [1.165, 1.54) is 43.5 Å². The van der Waals surface area contributed by atoms with Crippen LogP contribution in [-0.4, -0.2) is 59.8 Å². The first kappa shape index (κ1) is 15.5. The molecule has 3 aliphatic heterocycles. The van der Waals surface area contributed by atoms with Crippen molar-refractivity contribution >= 4 is 0 Å². The van der Waals surface area contributed by atoms with Crippen LogP contribution in [0.5, 0.6) is 11.5 Å². The van der Waals surface area contributed by atoms with E-state index in [0.29, 0.717) is 23.8 Å². The largest absolute Gasteiger partial charge is 0.504 e. The Kier molecular flexibility index (Phi) is 3.14. The van der Waals surface area contributed by atoms with E-state index in [4.69, 9.17) is 4.74 Å². The van der Waals surface area contributed by atoms with E-state index >= 15 is 0 Å². The van der Waals surface area contributed by atoms with Crippen molar-refractivity contribution in [2.24, 2.45) is 5.92 Å². The van der Waals surface area contributed by atoms with E-state index in [1.54, 1.807) is 0 Å². The lowest BCUT2D eigenvalue weighted by Gasteiger charge is -2.58. The lowest BCUT2D eigenvalue weighted by molar-refractivity contribution is -0.0346. The van der Waals surface area contributed by atoms with Crippen LogP contribution in [-0.2, 0) is 11.8 Å². The van der Waals surface area contributed by atoms with Crippen molar-refractivity contribution in [2.45, 2.75) is 55.7 Å². The zero-order chi connectivity index (χ0) is 17.5. The standard InChI is InChI=1S/C22H28N2O2/c1-23-12-9-22-15-6-7-16(24-10-3-2-4-11-24)21(22)26-20-18(25)8-5-14(19(20)22)13-17(15)23/h5-8,15-17,21,25H,2-4,9-13H2,1H3/t15-,16-,17+,21-,22-/m0/s1. The van der Waals surface area contributed by atoms with Gasteiger partial charge in [-0.05, 0) is 64.0 Å². The summed E-state index contributed by atoms with van der Waals surface area (Å²) in [6.07, 6.45) is 11.2. The van der Waals surface area contributed by atoms with Gasteiger partial charge in [0.05, 0.1) is 6.04 Å². The number of piperidine rings is 2. The summed E-state index contributed by atoms with van der Waals surface area (Å²) in [4.78, 5) is 5.19. The molecule has 2 aliphatic carbocycles. The first-order valence-electron chi connectivity index (χ1n) is 10.3. The summed E-state index contributed by atoms with van der Waals surface area (Å²) < 4.78 is 6.65. The molecule has 0 radical (unpaired) electrons. The lowest BCUT2D eigenvalue weighted by Crippen LogP contribution is -2.67. The van der Waals surface area contributed by atoms with Crippen LogP contribution in [0.4, 0.5) is 0 Å². The van der Waals surface area contributed by atoms with E-state index in [-0.39, 0.29) is 11.5 Å². The molecule has 1 aromatic carbocycles. The zero-order valence-electron chi connectivity index (χ0n) is 15.5. The van der Waals surface area contributed by atoms with Crippen LogP contribution >= 0.6 is 0 Å². The third kappa shape index (κ3) is 1.77. The molecule has 0 saturated carbocycles. The minimum Gasteiger partial charge on any atom is -0.504 e. The van der Waals surface area contributed by atoms with Gasteiger partial charge in [-0.3, -0.25) is 4.90 Å². The molecule has 4 heteroatoms. The fourth-order valence-corrected chi connectivity index (χ4v) is 6.77. The van der Waals surface area contributed by atoms with Crippen LogP contribution in [0.15, 0.2) is 24.3 Å². The summed E-state index contributed by atoms with van der Waals surface area (Å²) >= 11 is 0. The zero-order valence-corrected chi connectivity index (χ0v) is 15.5. The van der Waals surface area contributed by atoms with Crippen molar-refractivity contribution in [1.82, 2.24) is 9.80 Å². The molecule has 0 amide bonds. The number of likely N-dealkylation sites (tertiary alicyclic amines) is 2. The number of rotatable bonds is 1. The van der Waals surface area contributed by atoms with E-state index < -0.39 is 0 Å². The van der Waals surface area contributed by atoms with Crippen molar-refractivity contribution in [1.29, 1.82) is 0 Å². The van der Waals surface area contributed by atoms with Gasteiger partial charge in [0.15, 0.2) is 11.5 Å². The molecule has 138 valence electrons. The van der Waals surface area contributed by atoms with Gasteiger partial charge in [-0.15, -0.1) is 0 Å². The van der Waals surface area contributed by atoms with Gasteiger partial charge < -0.3 is 14.7 Å². The van der Waals surface area contributed by atoms with Crippen LogP contribution < -0.4 is 4.74 Å². The maximum Gasteiger partial charge on any atom is 0.165 e. The Hall–Kier alpha value is -1.52. The maximum atomic E-state index is 10.6. The summed E-state index contributed by atoms with van der Waals surface area (Å²) in [6, 6.07) is 4.89. The molecular weight excluding hydrogens is 324 g/mol. The molecule has 5 aliphatic rings. The molecule has 0 unspecified atom stereocenters.